The Kier molecular flexibility index (Phi) is 7.49. The van der Waals surface area contributed by atoms with E-state index in [1.807, 2.05) is 55.5 Å². The number of benzene rings is 3. The van der Waals surface area contributed by atoms with E-state index in [9.17, 15) is 14.4 Å². The summed E-state index contributed by atoms with van der Waals surface area (Å²) in [5.41, 5.74) is 4.19. The SMILES string of the molecule is C=Cc1ccc(N2CC([C@H](C)c3ccc(C(=O)OC)cc3)C2=O)c(NC(=O)OCc2ccccc2)c1. The van der Waals surface area contributed by atoms with Crippen LogP contribution in [0.5, 0.6) is 0 Å². The smallest absolute Gasteiger partial charge is 0.412 e. The second kappa shape index (κ2) is 10.9. The summed E-state index contributed by atoms with van der Waals surface area (Å²) in [4.78, 5) is 39.0. The van der Waals surface area contributed by atoms with Crippen molar-refractivity contribution in [2.24, 2.45) is 5.92 Å². The van der Waals surface area contributed by atoms with Gasteiger partial charge in [-0.15, -0.1) is 0 Å². The summed E-state index contributed by atoms with van der Waals surface area (Å²) < 4.78 is 10.1. The highest BCUT2D eigenvalue weighted by molar-refractivity contribution is 6.06. The molecule has 0 spiro atoms. The normalized spacial score (nSPS) is 15.4. The van der Waals surface area contributed by atoms with Crippen molar-refractivity contribution < 1.29 is 23.9 Å². The van der Waals surface area contributed by atoms with Gasteiger partial charge in [0.05, 0.1) is 30.0 Å². The summed E-state index contributed by atoms with van der Waals surface area (Å²) in [5.74, 6) is -0.692. The number of esters is 1. The average molecular weight is 485 g/mol. The fourth-order valence-electron chi connectivity index (χ4n) is 4.20. The molecule has 2 amide bonds. The van der Waals surface area contributed by atoms with Gasteiger partial charge in [0, 0.05) is 6.54 Å². The quantitative estimate of drug-likeness (QED) is 0.331. The van der Waals surface area contributed by atoms with Crippen LogP contribution < -0.4 is 10.2 Å². The van der Waals surface area contributed by atoms with Crippen LogP contribution in [0.4, 0.5) is 16.2 Å². The maximum absolute atomic E-state index is 13.2. The molecule has 0 bridgehead atoms. The third kappa shape index (κ3) is 5.30. The minimum absolute atomic E-state index is 0.0356. The summed E-state index contributed by atoms with van der Waals surface area (Å²) in [5, 5.41) is 2.78. The lowest BCUT2D eigenvalue weighted by Crippen LogP contribution is -2.54. The predicted octanol–water partition coefficient (Wildman–Crippen LogP) is 5.63. The van der Waals surface area contributed by atoms with Crippen molar-refractivity contribution in [3.05, 3.63) is 102 Å². The van der Waals surface area contributed by atoms with Gasteiger partial charge in [-0.3, -0.25) is 10.1 Å². The Balaban J connectivity index is 1.45. The highest BCUT2D eigenvalue weighted by atomic mass is 16.5. The predicted molar refractivity (Wildman–Crippen MR) is 139 cm³/mol. The lowest BCUT2D eigenvalue weighted by atomic mass is 9.81. The zero-order valence-corrected chi connectivity index (χ0v) is 20.3. The van der Waals surface area contributed by atoms with Crippen LogP contribution >= 0.6 is 0 Å². The van der Waals surface area contributed by atoms with Gasteiger partial charge in [-0.25, -0.2) is 9.59 Å². The molecule has 2 atom stereocenters. The monoisotopic (exact) mass is 484 g/mol. The summed E-state index contributed by atoms with van der Waals surface area (Å²) in [7, 11) is 1.34. The van der Waals surface area contributed by atoms with Crippen molar-refractivity contribution in [2.45, 2.75) is 19.4 Å². The first-order valence-electron chi connectivity index (χ1n) is 11.6. The van der Waals surface area contributed by atoms with E-state index in [0.717, 1.165) is 16.7 Å². The lowest BCUT2D eigenvalue weighted by molar-refractivity contribution is -0.127. The Hall–Kier alpha value is -4.39. The van der Waals surface area contributed by atoms with Crippen LogP contribution in [0.2, 0.25) is 0 Å². The Morgan fingerprint density at radius 1 is 1.11 bits per heavy atom. The van der Waals surface area contributed by atoms with Gasteiger partial charge in [0.15, 0.2) is 0 Å². The fourth-order valence-corrected chi connectivity index (χ4v) is 4.20. The number of amides is 2. The van der Waals surface area contributed by atoms with Crippen molar-refractivity contribution in [3.8, 4) is 0 Å². The molecule has 1 unspecified atom stereocenters. The van der Waals surface area contributed by atoms with E-state index in [1.54, 1.807) is 35.2 Å². The van der Waals surface area contributed by atoms with Crippen molar-refractivity contribution in [1.82, 2.24) is 0 Å². The number of rotatable bonds is 8. The van der Waals surface area contributed by atoms with Crippen LogP contribution in [-0.4, -0.2) is 31.6 Å². The molecule has 184 valence electrons. The maximum atomic E-state index is 13.2. The molecule has 1 fully saturated rings. The number of hydrogen-bond donors (Lipinski definition) is 1. The number of carbonyl (C=O) groups is 3. The Labute approximate surface area is 210 Å². The number of hydrogen-bond acceptors (Lipinski definition) is 5. The van der Waals surface area contributed by atoms with Gasteiger partial charge in [-0.05, 0) is 46.9 Å². The molecule has 7 heteroatoms. The second-order valence-electron chi connectivity index (χ2n) is 8.63. The molecule has 7 nitrogen and oxygen atoms in total. The summed E-state index contributed by atoms with van der Waals surface area (Å²) in [6.07, 6.45) is 1.07. The van der Waals surface area contributed by atoms with Crippen LogP contribution in [-0.2, 0) is 20.9 Å². The fraction of sp³-hybridized carbons (Fsp3) is 0.207. The van der Waals surface area contributed by atoms with Gasteiger partial charge in [0.25, 0.3) is 0 Å². The molecule has 1 saturated heterocycles. The van der Waals surface area contributed by atoms with Gasteiger partial charge >= 0.3 is 12.1 Å². The maximum Gasteiger partial charge on any atom is 0.412 e. The van der Waals surface area contributed by atoms with E-state index in [2.05, 4.69) is 11.9 Å². The van der Waals surface area contributed by atoms with Crippen molar-refractivity contribution in [1.29, 1.82) is 0 Å². The molecular formula is C29H28N2O5. The Bertz CT molecular complexity index is 1270. The number of ether oxygens (including phenoxy) is 2. The zero-order valence-electron chi connectivity index (χ0n) is 20.3. The van der Waals surface area contributed by atoms with Gasteiger partial charge in [0.1, 0.15) is 6.61 Å². The van der Waals surface area contributed by atoms with E-state index in [4.69, 9.17) is 9.47 Å². The molecule has 1 N–H and O–H groups in total. The molecule has 3 aromatic rings. The number of β-lactam (4-membered cyclic amide) rings is 1. The molecule has 4 rings (SSSR count). The lowest BCUT2D eigenvalue weighted by Gasteiger charge is -2.42. The minimum Gasteiger partial charge on any atom is -0.465 e. The highest BCUT2D eigenvalue weighted by Gasteiger charge is 2.42. The van der Waals surface area contributed by atoms with Gasteiger partial charge in [-0.1, -0.05) is 68.1 Å². The minimum atomic E-state index is -0.607. The molecule has 36 heavy (non-hydrogen) atoms. The molecular weight excluding hydrogens is 456 g/mol. The third-order valence-corrected chi connectivity index (χ3v) is 6.42. The third-order valence-electron chi connectivity index (χ3n) is 6.42. The topological polar surface area (TPSA) is 84.9 Å². The largest absolute Gasteiger partial charge is 0.465 e. The molecule has 1 heterocycles. The van der Waals surface area contributed by atoms with E-state index in [1.165, 1.54) is 7.11 Å². The first kappa shape index (κ1) is 24.7. The number of nitrogens with one attached hydrogen (secondary N) is 1. The van der Waals surface area contributed by atoms with Gasteiger partial charge < -0.3 is 14.4 Å². The van der Waals surface area contributed by atoms with Crippen LogP contribution in [0.25, 0.3) is 6.08 Å². The van der Waals surface area contributed by atoms with E-state index in [0.29, 0.717) is 23.5 Å². The summed E-state index contributed by atoms with van der Waals surface area (Å²) >= 11 is 0. The van der Waals surface area contributed by atoms with E-state index in [-0.39, 0.29) is 24.3 Å². The van der Waals surface area contributed by atoms with E-state index >= 15 is 0 Å². The molecule has 1 aliphatic rings. The number of carbonyl (C=O) groups excluding carboxylic acids is 3. The van der Waals surface area contributed by atoms with Gasteiger partial charge in [0.2, 0.25) is 5.91 Å². The van der Waals surface area contributed by atoms with Crippen LogP contribution in [0.15, 0.2) is 79.4 Å². The molecule has 0 aliphatic carbocycles. The Morgan fingerprint density at radius 3 is 2.47 bits per heavy atom. The number of anilines is 2. The van der Waals surface area contributed by atoms with Crippen LogP contribution in [0, 0.1) is 5.92 Å². The second-order valence-corrected chi connectivity index (χ2v) is 8.63. The average Bonchev–Trinajstić information content (AvgIpc) is 2.92. The molecule has 0 aromatic heterocycles. The molecule has 0 saturated carbocycles. The summed E-state index contributed by atoms with van der Waals surface area (Å²) in [6, 6.07) is 21.9. The zero-order chi connectivity index (χ0) is 25.7. The molecule has 3 aromatic carbocycles. The van der Waals surface area contributed by atoms with Crippen molar-refractivity contribution in [3.63, 3.8) is 0 Å². The Morgan fingerprint density at radius 2 is 1.83 bits per heavy atom. The van der Waals surface area contributed by atoms with E-state index < -0.39 is 12.1 Å². The summed E-state index contributed by atoms with van der Waals surface area (Å²) in [6.45, 7) is 6.42. The number of methoxy groups -OCH3 is 1. The molecule has 0 radical (unpaired) electrons. The number of nitrogens with zero attached hydrogens (tertiary/aromatic N) is 1. The van der Waals surface area contributed by atoms with Crippen LogP contribution in [0.1, 0.15) is 39.9 Å². The first-order chi connectivity index (χ1) is 17.4. The van der Waals surface area contributed by atoms with Crippen molar-refractivity contribution >= 4 is 35.4 Å². The van der Waals surface area contributed by atoms with Crippen molar-refractivity contribution in [2.75, 3.05) is 23.9 Å². The van der Waals surface area contributed by atoms with Gasteiger partial charge in [-0.2, -0.15) is 0 Å². The molecule has 1 aliphatic heterocycles. The highest BCUT2D eigenvalue weighted by Crippen LogP contribution is 2.39. The standard InChI is InChI=1S/C29H28N2O5/c1-4-20-10-15-26(25(16-20)30-29(34)36-18-21-8-6-5-7-9-21)31-17-24(27(31)32)19(2)22-11-13-23(14-12-22)28(33)35-3/h4-16,19,24H,1,17-18H2,2-3H3,(H,30,34)/t19-,24?/m1/s1. The first-order valence-corrected chi connectivity index (χ1v) is 11.6. The van der Waals surface area contributed by atoms with Crippen LogP contribution in [0.3, 0.4) is 0 Å².